The fourth-order valence-corrected chi connectivity index (χ4v) is 17.8. The van der Waals surface area contributed by atoms with Crippen LogP contribution in [0.25, 0.3) is 156 Å². The molecular formula is C102H64N6. The lowest BCUT2D eigenvalue weighted by molar-refractivity contribution is 0.794. The molecule has 108 heavy (non-hydrogen) atoms. The number of nitrogens with zero attached hydrogens (tertiary/aromatic N) is 6. The average molecular weight is 1370 g/mol. The second-order valence-corrected chi connectivity index (χ2v) is 28.4. The third-order valence-electron chi connectivity index (χ3n) is 22.6. The smallest absolute Gasteiger partial charge is 0.160 e. The van der Waals surface area contributed by atoms with Crippen molar-refractivity contribution >= 4 is 10.8 Å². The highest BCUT2D eigenvalue weighted by Crippen LogP contribution is 2.65. The van der Waals surface area contributed by atoms with E-state index in [4.69, 9.17) is 19.9 Å². The zero-order chi connectivity index (χ0) is 71.3. The van der Waals surface area contributed by atoms with Gasteiger partial charge >= 0.3 is 0 Å². The molecule has 14 aromatic carbocycles. The molecule has 4 heterocycles. The number of hydrogen-bond donors (Lipinski definition) is 0. The van der Waals surface area contributed by atoms with Gasteiger partial charge in [-0.3, -0.25) is 9.97 Å². The van der Waals surface area contributed by atoms with E-state index in [0.29, 0.717) is 11.6 Å². The van der Waals surface area contributed by atoms with Gasteiger partial charge < -0.3 is 0 Å². The Morgan fingerprint density at radius 3 is 0.889 bits per heavy atom. The fraction of sp³-hybridized carbons (Fsp3) is 0.0196. The van der Waals surface area contributed by atoms with Crippen LogP contribution in [0.15, 0.2) is 389 Å². The van der Waals surface area contributed by atoms with Crippen LogP contribution in [0.2, 0.25) is 0 Å². The summed E-state index contributed by atoms with van der Waals surface area (Å²) in [5.41, 5.74) is 36.1. The van der Waals surface area contributed by atoms with E-state index >= 15 is 0 Å². The molecule has 4 aliphatic rings. The Kier molecular flexibility index (Phi) is 14.6. The van der Waals surface area contributed by atoms with E-state index in [1.165, 1.54) is 111 Å². The normalized spacial score (nSPS) is 13.0. The minimum atomic E-state index is -0.452. The molecule has 502 valence electrons. The number of hydrogen-bond acceptors (Lipinski definition) is 6. The van der Waals surface area contributed by atoms with Gasteiger partial charge in [-0.15, -0.1) is 0 Å². The van der Waals surface area contributed by atoms with Gasteiger partial charge in [-0.05, 0) is 177 Å². The monoisotopic (exact) mass is 1370 g/mol. The fourth-order valence-electron chi connectivity index (χ4n) is 17.8. The van der Waals surface area contributed by atoms with Crippen LogP contribution < -0.4 is 0 Å². The highest BCUT2D eigenvalue weighted by Gasteiger charge is 2.53. The number of rotatable bonds is 9. The maximum Gasteiger partial charge on any atom is 0.160 e. The van der Waals surface area contributed by atoms with Crippen molar-refractivity contribution in [3.8, 4) is 146 Å². The summed E-state index contributed by atoms with van der Waals surface area (Å²) in [5.74, 6) is 1.40. The van der Waals surface area contributed by atoms with E-state index < -0.39 is 10.8 Å². The molecule has 0 radical (unpaired) electrons. The van der Waals surface area contributed by atoms with Crippen molar-refractivity contribution < 1.29 is 0 Å². The Bertz CT molecular complexity index is 6500. The second-order valence-electron chi connectivity index (χ2n) is 28.4. The topological polar surface area (TPSA) is 77.3 Å². The van der Waals surface area contributed by atoms with Crippen molar-refractivity contribution in [1.29, 1.82) is 0 Å². The molecule has 0 atom stereocenters. The lowest BCUT2D eigenvalue weighted by Gasteiger charge is -2.30. The van der Waals surface area contributed by atoms with Gasteiger partial charge in [0.15, 0.2) is 11.6 Å². The SMILES string of the molecule is c1ccc(-c2cc(-c3cccc(-c4cccnc4)c3)nc(-c3ccc4c(c3)C3(c5ccccc5-c5ccccc53)c3ccccc3-4)n2)cc1.c1cncc(-c2cccc(-c3cc(-c4ccc(-c5ccc6ccccc6c5)cc4)nc(-c4ccc5c(c4)C4(c6ccccc6-c6ccccc64)c4ccccc4-5)n3)c2)c1. The summed E-state index contributed by atoms with van der Waals surface area (Å²) in [7, 11) is 0. The van der Waals surface area contributed by atoms with Crippen molar-refractivity contribution in [1.82, 2.24) is 29.9 Å². The van der Waals surface area contributed by atoms with E-state index in [9.17, 15) is 0 Å². The summed E-state index contributed by atoms with van der Waals surface area (Å²) in [4.78, 5) is 30.0. The van der Waals surface area contributed by atoms with Gasteiger partial charge in [-0.1, -0.05) is 309 Å². The maximum atomic E-state index is 5.38. The lowest BCUT2D eigenvalue weighted by atomic mass is 9.70. The van der Waals surface area contributed by atoms with Gasteiger partial charge in [0.2, 0.25) is 0 Å². The van der Waals surface area contributed by atoms with Gasteiger partial charge in [-0.2, -0.15) is 0 Å². The molecule has 0 saturated carbocycles. The van der Waals surface area contributed by atoms with Gasteiger partial charge in [0.05, 0.1) is 33.6 Å². The number of fused-ring (bicyclic) bond motifs is 21. The van der Waals surface area contributed by atoms with Gasteiger partial charge in [0, 0.05) is 69.3 Å². The molecule has 4 aromatic heterocycles. The maximum absolute atomic E-state index is 5.38. The van der Waals surface area contributed by atoms with Crippen molar-refractivity contribution in [2.45, 2.75) is 10.8 Å². The van der Waals surface area contributed by atoms with Crippen molar-refractivity contribution in [3.05, 3.63) is 433 Å². The Balaban J connectivity index is 0.000000140. The number of aromatic nitrogens is 6. The van der Waals surface area contributed by atoms with E-state index in [-0.39, 0.29) is 0 Å². The van der Waals surface area contributed by atoms with Crippen molar-refractivity contribution in [2.75, 3.05) is 0 Å². The van der Waals surface area contributed by atoms with E-state index in [1.807, 2.05) is 36.8 Å². The molecule has 0 bridgehead atoms. The molecule has 0 saturated heterocycles. The quantitative estimate of drug-likeness (QED) is 0.143. The van der Waals surface area contributed by atoms with E-state index in [2.05, 4.69) is 356 Å². The molecule has 0 unspecified atom stereocenters. The zero-order valence-electron chi connectivity index (χ0n) is 58.6. The number of pyridine rings is 2. The molecule has 2 spiro atoms. The molecule has 6 heteroatoms. The van der Waals surface area contributed by atoms with Crippen LogP contribution in [0.4, 0.5) is 0 Å². The van der Waals surface area contributed by atoms with Crippen LogP contribution in [0, 0.1) is 0 Å². The lowest BCUT2D eigenvalue weighted by Crippen LogP contribution is -2.25. The van der Waals surface area contributed by atoms with Gasteiger partial charge in [0.1, 0.15) is 0 Å². The highest BCUT2D eigenvalue weighted by atomic mass is 14.9. The molecule has 22 rings (SSSR count). The summed E-state index contributed by atoms with van der Waals surface area (Å²) in [5, 5.41) is 2.47. The molecule has 0 fully saturated rings. The standard InChI is InChI=1S/C56H35N3.C46H29N3/c1-2-12-39-31-41(27-24-36(39)11-1)37-22-25-38(26-23-37)53-34-54(42-14-9-13-40(32-42)44-15-10-30-57-35-44)59-55(58-53)43-28-29-48-47-18-5-8-21-51(47)56(52(48)33-43)49-19-6-3-16-45(49)46-17-4-7-20-50(46)56;1-2-12-30(13-3-1)43-28-44(32-15-10-14-31(26-32)34-16-11-25-47-29-34)49-45(48-43)33-23-24-38-37-19-6-9-22-41(37)46(42(38)27-33)39-20-7-4-17-35(39)36-18-5-8-21-40(36)46/h1-35H;1-29H. The Morgan fingerprint density at radius 1 is 0.167 bits per heavy atom. The third kappa shape index (κ3) is 9.95. The molecule has 4 aliphatic carbocycles. The first-order valence-electron chi connectivity index (χ1n) is 36.8. The first kappa shape index (κ1) is 62.4. The summed E-state index contributed by atoms with van der Waals surface area (Å²) in [6, 6.07) is 131. The molecule has 6 nitrogen and oxygen atoms in total. The van der Waals surface area contributed by atoms with Crippen LogP contribution in [-0.4, -0.2) is 29.9 Å². The minimum absolute atomic E-state index is 0.424. The molecule has 18 aromatic rings. The Morgan fingerprint density at radius 2 is 0.472 bits per heavy atom. The number of benzene rings is 14. The van der Waals surface area contributed by atoms with Crippen LogP contribution >= 0.6 is 0 Å². The first-order valence-corrected chi connectivity index (χ1v) is 36.8. The predicted molar refractivity (Wildman–Crippen MR) is 439 cm³/mol. The first-order chi connectivity index (χ1) is 53.5. The second kappa shape index (κ2) is 25.3. The Labute approximate surface area is 626 Å². The van der Waals surface area contributed by atoms with Crippen LogP contribution in [-0.2, 0) is 10.8 Å². The van der Waals surface area contributed by atoms with E-state index in [0.717, 1.165) is 78.4 Å². The summed E-state index contributed by atoms with van der Waals surface area (Å²) < 4.78 is 0. The molecular weight excluding hydrogens is 1310 g/mol. The van der Waals surface area contributed by atoms with Crippen LogP contribution in [0.1, 0.15) is 44.5 Å². The van der Waals surface area contributed by atoms with Crippen LogP contribution in [0.5, 0.6) is 0 Å². The van der Waals surface area contributed by atoms with Crippen molar-refractivity contribution in [3.63, 3.8) is 0 Å². The summed E-state index contributed by atoms with van der Waals surface area (Å²) >= 11 is 0. The molecule has 0 N–H and O–H groups in total. The molecule has 0 amide bonds. The highest BCUT2D eigenvalue weighted by molar-refractivity contribution is 5.98. The van der Waals surface area contributed by atoms with Crippen molar-refractivity contribution in [2.24, 2.45) is 0 Å². The summed E-state index contributed by atoms with van der Waals surface area (Å²) in [6.45, 7) is 0. The largest absolute Gasteiger partial charge is 0.264 e. The predicted octanol–water partition coefficient (Wildman–Crippen LogP) is 24.6. The van der Waals surface area contributed by atoms with Gasteiger partial charge in [0.25, 0.3) is 0 Å². The van der Waals surface area contributed by atoms with E-state index in [1.54, 1.807) is 6.20 Å². The van der Waals surface area contributed by atoms with Gasteiger partial charge in [-0.25, -0.2) is 19.9 Å². The Hall–Kier alpha value is -14.2. The third-order valence-corrected chi connectivity index (χ3v) is 22.6. The minimum Gasteiger partial charge on any atom is -0.264 e. The summed E-state index contributed by atoms with van der Waals surface area (Å²) in [6.07, 6.45) is 7.42. The zero-order valence-corrected chi connectivity index (χ0v) is 58.6. The average Bonchev–Trinajstić information content (AvgIpc) is 1.52. The van der Waals surface area contributed by atoms with Crippen LogP contribution in [0.3, 0.4) is 0 Å². The molecule has 0 aliphatic heterocycles.